The normalized spacial score (nSPS) is 11.2. The van der Waals surface area contributed by atoms with Gasteiger partial charge in [0.25, 0.3) is 0 Å². The van der Waals surface area contributed by atoms with Gasteiger partial charge in [0, 0.05) is 18.8 Å². The van der Waals surface area contributed by atoms with Crippen LogP contribution in [0, 0.1) is 10.1 Å². The highest BCUT2D eigenvalue weighted by Gasteiger charge is 2.34. The minimum Gasteiger partial charge on any atom is -0.478 e. The summed E-state index contributed by atoms with van der Waals surface area (Å²) in [6, 6.07) is 0.616. The number of carbonyl (C=O) groups is 1. The number of aliphatic hydroxyl groups excluding tert-OH is 1. The van der Waals surface area contributed by atoms with Crippen LogP contribution < -0.4 is 4.90 Å². The Labute approximate surface area is 115 Å². The molecule has 0 bridgehead atoms. The molecule has 1 aromatic rings. The van der Waals surface area contributed by atoms with Crippen molar-refractivity contribution in [3.8, 4) is 0 Å². The third kappa shape index (κ3) is 4.56. The number of nitro groups is 1. The lowest BCUT2D eigenvalue weighted by Gasteiger charge is -2.23. The number of aromatic nitrogens is 1. The second-order valence-corrected chi connectivity index (χ2v) is 3.89. The lowest BCUT2D eigenvalue weighted by atomic mass is 10.2. The zero-order valence-electron chi connectivity index (χ0n) is 10.4. The SMILES string of the molecule is O=C(O)c1cnc(N(CCO)CC(F)(F)F)c([N+](=O)[O-])c1. The van der Waals surface area contributed by atoms with Gasteiger partial charge in [0.05, 0.1) is 17.1 Å². The van der Waals surface area contributed by atoms with Crippen molar-refractivity contribution in [2.24, 2.45) is 0 Å². The van der Waals surface area contributed by atoms with Gasteiger partial charge in [0.2, 0.25) is 5.82 Å². The molecule has 0 atom stereocenters. The predicted molar refractivity (Wildman–Crippen MR) is 63.2 cm³/mol. The molecule has 0 saturated carbocycles. The summed E-state index contributed by atoms with van der Waals surface area (Å²) < 4.78 is 37.3. The Balaban J connectivity index is 3.29. The smallest absolute Gasteiger partial charge is 0.405 e. The number of hydrogen-bond donors (Lipinski definition) is 2. The van der Waals surface area contributed by atoms with Crippen molar-refractivity contribution in [3.05, 3.63) is 27.9 Å². The third-order valence-corrected chi connectivity index (χ3v) is 2.33. The number of anilines is 1. The van der Waals surface area contributed by atoms with Gasteiger partial charge in [-0.2, -0.15) is 13.2 Å². The number of alkyl halides is 3. The van der Waals surface area contributed by atoms with Crippen LogP contribution in [0.2, 0.25) is 0 Å². The quantitative estimate of drug-likeness (QED) is 0.595. The molecule has 0 aliphatic carbocycles. The van der Waals surface area contributed by atoms with Gasteiger partial charge < -0.3 is 15.1 Å². The van der Waals surface area contributed by atoms with Gasteiger partial charge >= 0.3 is 17.8 Å². The van der Waals surface area contributed by atoms with Gasteiger partial charge in [-0.3, -0.25) is 10.1 Å². The van der Waals surface area contributed by atoms with E-state index in [1.807, 2.05) is 0 Å². The zero-order valence-corrected chi connectivity index (χ0v) is 10.4. The first kappa shape index (κ1) is 16.6. The number of rotatable bonds is 6. The van der Waals surface area contributed by atoms with Crippen LogP contribution in [0.25, 0.3) is 0 Å². The first-order valence-corrected chi connectivity index (χ1v) is 5.46. The van der Waals surface area contributed by atoms with E-state index in [4.69, 9.17) is 10.2 Å². The van der Waals surface area contributed by atoms with E-state index in [0.717, 1.165) is 0 Å². The second-order valence-electron chi connectivity index (χ2n) is 3.89. The molecule has 1 rings (SSSR count). The molecule has 0 aliphatic rings. The first-order chi connectivity index (χ1) is 9.65. The fourth-order valence-corrected chi connectivity index (χ4v) is 1.54. The van der Waals surface area contributed by atoms with Crippen molar-refractivity contribution < 1.29 is 33.1 Å². The summed E-state index contributed by atoms with van der Waals surface area (Å²) in [5.41, 5.74) is -1.41. The molecule has 0 unspecified atom stereocenters. The molecule has 0 aromatic carbocycles. The highest BCUT2D eigenvalue weighted by molar-refractivity contribution is 5.88. The molecule has 0 saturated heterocycles. The highest BCUT2D eigenvalue weighted by Crippen LogP contribution is 2.29. The number of aliphatic hydroxyl groups is 1. The van der Waals surface area contributed by atoms with E-state index in [1.165, 1.54) is 0 Å². The number of nitrogens with zero attached hydrogens (tertiary/aromatic N) is 3. The predicted octanol–water partition coefficient (Wildman–Crippen LogP) is 1.05. The number of hydrogen-bond acceptors (Lipinski definition) is 6. The molecular weight excluding hydrogens is 299 g/mol. The average Bonchev–Trinajstić information content (AvgIpc) is 2.35. The molecule has 21 heavy (non-hydrogen) atoms. The second kappa shape index (κ2) is 6.35. The van der Waals surface area contributed by atoms with Crippen LogP contribution in [0.1, 0.15) is 10.4 Å². The Morgan fingerprint density at radius 2 is 2.10 bits per heavy atom. The maximum atomic E-state index is 12.4. The van der Waals surface area contributed by atoms with Crippen LogP contribution >= 0.6 is 0 Å². The summed E-state index contributed by atoms with van der Waals surface area (Å²) in [5, 5.41) is 28.4. The molecule has 0 fully saturated rings. The van der Waals surface area contributed by atoms with Gasteiger partial charge in [-0.15, -0.1) is 0 Å². The van der Waals surface area contributed by atoms with Crippen LogP contribution in [0.15, 0.2) is 12.3 Å². The zero-order chi connectivity index (χ0) is 16.2. The van der Waals surface area contributed by atoms with E-state index in [1.54, 1.807) is 0 Å². The number of halogens is 3. The summed E-state index contributed by atoms with van der Waals surface area (Å²) in [6.07, 6.45) is -3.96. The summed E-state index contributed by atoms with van der Waals surface area (Å²) in [5.74, 6) is -2.15. The molecule has 0 amide bonds. The highest BCUT2D eigenvalue weighted by atomic mass is 19.4. The van der Waals surface area contributed by atoms with Crippen molar-refractivity contribution in [3.63, 3.8) is 0 Å². The van der Waals surface area contributed by atoms with Crippen molar-refractivity contribution in [1.82, 2.24) is 4.98 Å². The fourth-order valence-electron chi connectivity index (χ4n) is 1.54. The van der Waals surface area contributed by atoms with E-state index in [2.05, 4.69) is 4.98 Å². The van der Waals surface area contributed by atoms with Gasteiger partial charge in [-0.05, 0) is 0 Å². The lowest BCUT2D eigenvalue weighted by molar-refractivity contribution is -0.384. The van der Waals surface area contributed by atoms with Gasteiger partial charge in [-0.1, -0.05) is 0 Å². The molecule has 0 aliphatic heterocycles. The van der Waals surface area contributed by atoms with Crippen LogP contribution in [0.4, 0.5) is 24.7 Å². The Hall–Kier alpha value is -2.43. The van der Waals surface area contributed by atoms with E-state index in [-0.39, 0.29) is 0 Å². The molecule has 116 valence electrons. The summed E-state index contributed by atoms with van der Waals surface area (Å²) in [7, 11) is 0. The summed E-state index contributed by atoms with van der Waals surface area (Å²) in [4.78, 5) is 24.4. The molecule has 0 radical (unpaired) electrons. The topological polar surface area (TPSA) is 117 Å². The average molecular weight is 309 g/mol. The number of pyridine rings is 1. The maximum absolute atomic E-state index is 12.4. The third-order valence-electron chi connectivity index (χ3n) is 2.33. The van der Waals surface area contributed by atoms with E-state index in [9.17, 15) is 28.1 Å². The number of aromatic carboxylic acids is 1. The Bertz CT molecular complexity index is 549. The maximum Gasteiger partial charge on any atom is 0.405 e. The van der Waals surface area contributed by atoms with Gasteiger partial charge in [0.15, 0.2) is 0 Å². The molecular formula is C10H10F3N3O5. The van der Waals surface area contributed by atoms with Gasteiger partial charge in [-0.25, -0.2) is 9.78 Å². The fraction of sp³-hybridized carbons (Fsp3) is 0.400. The monoisotopic (exact) mass is 309 g/mol. The van der Waals surface area contributed by atoms with Crippen molar-refractivity contribution in [2.45, 2.75) is 6.18 Å². The Kier molecular flexibility index (Phi) is 5.02. The first-order valence-electron chi connectivity index (χ1n) is 5.46. The molecule has 0 spiro atoms. The molecule has 11 heteroatoms. The van der Waals surface area contributed by atoms with E-state index >= 15 is 0 Å². The molecule has 1 heterocycles. The van der Waals surface area contributed by atoms with Crippen LogP contribution in [0.5, 0.6) is 0 Å². The van der Waals surface area contributed by atoms with Crippen LogP contribution in [-0.2, 0) is 0 Å². The van der Waals surface area contributed by atoms with Gasteiger partial charge in [0.1, 0.15) is 6.54 Å². The van der Waals surface area contributed by atoms with E-state index < -0.39 is 53.8 Å². The number of carboxylic acids is 1. The van der Waals surface area contributed by atoms with Crippen LogP contribution in [0.3, 0.4) is 0 Å². The van der Waals surface area contributed by atoms with Crippen molar-refractivity contribution >= 4 is 17.5 Å². The molecule has 8 nitrogen and oxygen atoms in total. The largest absolute Gasteiger partial charge is 0.478 e. The van der Waals surface area contributed by atoms with Crippen LogP contribution in [-0.4, -0.2) is 52.0 Å². The summed E-state index contributed by atoms with van der Waals surface area (Å²) >= 11 is 0. The standard InChI is InChI=1S/C10H10F3N3O5/c11-10(12,13)5-15(1-2-17)8-7(16(20)21)3-6(4-14-8)9(18)19/h3-4,17H,1-2,5H2,(H,18,19). The minimum absolute atomic E-state index is 0.462. The summed E-state index contributed by atoms with van der Waals surface area (Å²) in [6.45, 7) is -2.79. The minimum atomic E-state index is -4.67. The number of carboxylic acid groups (broad SMARTS) is 1. The van der Waals surface area contributed by atoms with E-state index in [0.29, 0.717) is 17.2 Å². The Morgan fingerprint density at radius 3 is 2.52 bits per heavy atom. The van der Waals surface area contributed by atoms with Crippen molar-refractivity contribution in [2.75, 3.05) is 24.6 Å². The lowest BCUT2D eigenvalue weighted by Crippen LogP contribution is -2.37. The Morgan fingerprint density at radius 1 is 1.48 bits per heavy atom. The molecule has 1 aromatic heterocycles. The molecule has 2 N–H and O–H groups in total. The van der Waals surface area contributed by atoms with Crippen molar-refractivity contribution in [1.29, 1.82) is 0 Å².